The van der Waals surface area contributed by atoms with Gasteiger partial charge in [0.1, 0.15) is 6.54 Å². The van der Waals surface area contributed by atoms with Crippen molar-refractivity contribution in [3.63, 3.8) is 0 Å². The fraction of sp³-hybridized carbons (Fsp3) is 0.846. The van der Waals surface area contributed by atoms with E-state index in [1.807, 2.05) is 6.07 Å². The first-order chi connectivity index (χ1) is 8.15. The largest absolute Gasteiger partial charge is 0.342 e. The van der Waals surface area contributed by atoms with Crippen LogP contribution in [-0.2, 0) is 4.79 Å². The molecular weight excluding hydrogens is 214 g/mol. The summed E-state index contributed by atoms with van der Waals surface area (Å²) in [6.07, 6.45) is 4.98. The first-order valence-electron chi connectivity index (χ1n) is 6.52. The Morgan fingerprint density at radius 3 is 2.76 bits per heavy atom. The standard InChI is InChI=1S/C13H23N3O/c1-10(2)11-5-3-4-6-12(11)16-9-13(17)15-8-7-14/h10-12,16H,3-6,8-9H2,1-2H3,(H,15,17). The van der Waals surface area contributed by atoms with Gasteiger partial charge in [0.2, 0.25) is 5.91 Å². The van der Waals surface area contributed by atoms with Crippen LogP contribution in [0.3, 0.4) is 0 Å². The molecule has 1 aliphatic carbocycles. The number of nitriles is 1. The van der Waals surface area contributed by atoms with Crippen molar-refractivity contribution in [3.8, 4) is 6.07 Å². The van der Waals surface area contributed by atoms with Gasteiger partial charge in [-0.1, -0.05) is 26.7 Å². The topological polar surface area (TPSA) is 64.9 Å². The second-order valence-electron chi connectivity index (χ2n) is 5.11. The van der Waals surface area contributed by atoms with Crippen molar-refractivity contribution >= 4 is 5.91 Å². The third-order valence-corrected chi connectivity index (χ3v) is 3.57. The molecule has 0 bridgehead atoms. The summed E-state index contributed by atoms with van der Waals surface area (Å²) in [4.78, 5) is 11.4. The van der Waals surface area contributed by atoms with Gasteiger partial charge in [-0.25, -0.2) is 0 Å². The Balaban J connectivity index is 2.33. The van der Waals surface area contributed by atoms with Crippen molar-refractivity contribution in [2.24, 2.45) is 11.8 Å². The van der Waals surface area contributed by atoms with E-state index in [2.05, 4.69) is 24.5 Å². The van der Waals surface area contributed by atoms with E-state index in [4.69, 9.17) is 5.26 Å². The summed E-state index contributed by atoms with van der Waals surface area (Å²) in [6.45, 7) is 4.93. The third kappa shape index (κ3) is 4.74. The zero-order chi connectivity index (χ0) is 12.7. The number of amides is 1. The van der Waals surface area contributed by atoms with Crippen LogP contribution in [0.15, 0.2) is 0 Å². The normalized spacial score (nSPS) is 24.4. The molecule has 0 aromatic rings. The average molecular weight is 237 g/mol. The molecule has 96 valence electrons. The zero-order valence-electron chi connectivity index (χ0n) is 10.8. The van der Waals surface area contributed by atoms with Crippen LogP contribution in [0.4, 0.5) is 0 Å². The van der Waals surface area contributed by atoms with E-state index in [0.29, 0.717) is 24.4 Å². The predicted octanol–water partition coefficient (Wildman–Crippen LogP) is 1.43. The van der Waals surface area contributed by atoms with Gasteiger partial charge in [0.25, 0.3) is 0 Å². The fourth-order valence-electron chi connectivity index (χ4n) is 2.64. The van der Waals surface area contributed by atoms with Gasteiger partial charge in [-0.3, -0.25) is 4.79 Å². The lowest BCUT2D eigenvalue weighted by Gasteiger charge is -2.34. The number of carbonyl (C=O) groups excluding carboxylic acids is 1. The molecule has 1 saturated carbocycles. The smallest absolute Gasteiger partial charge is 0.234 e. The van der Waals surface area contributed by atoms with Crippen molar-refractivity contribution in [2.45, 2.75) is 45.6 Å². The van der Waals surface area contributed by atoms with Crippen LogP contribution in [0.5, 0.6) is 0 Å². The van der Waals surface area contributed by atoms with E-state index in [0.717, 1.165) is 6.42 Å². The molecule has 0 aliphatic heterocycles. The quantitative estimate of drug-likeness (QED) is 0.711. The zero-order valence-corrected chi connectivity index (χ0v) is 10.8. The van der Waals surface area contributed by atoms with E-state index in [9.17, 15) is 4.79 Å². The minimum Gasteiger partial charge on any atom is -0.342 e. The van der Waals surface area contributed by atoms with E-state index in [1.54, 1.807) is 0 Å². The molecule has 2 unspecified atom stereocenters. The van der Waals surface area contributed by atoms with Crippen LogP contribution in [0.2, 0.25) is 0 Å². The molecule has 0 heterocycles. The molecule has 2 atom stereocenters. The van der Waals surface area contributed by atoms with Gasteiger partial charge >= 0.3 is 0 Å². The Bertz CT molecular complexity index is 283. The second kappa shape index (κ2) is 7.29. The van der Waals surface area contributed by atoms with Gasteiger partial charge in [-0.15, -0.1) is 0 Å². The minimum atomic E-state index is -0.0837. The minimum absolute atomic E-state index is 0.0837. The first kappa shape index (κ1) is 14.0. The van der Waals surface area contributed by atoms with Crippen molar-refractivity contribution in [1.29, 1.82) is 5.26 Å². The number of hydrogen-bond donors (Lipinski definition) is 2. The molecule has 17 heavy (non-hydrogen) atoms. The van der Waals surface area contributed by atoms with Gasteiger partial charge < -0.3 is 10.6 Å². The van der Waals surface area contributed by atoms with Crippen molar-refractivity contribution in [1.82, 2.24) is 10.6 Å². The van der Waals surface area contributed by atoms with Crippen molar-refractivity contribution in [2.75, 3.05) is 13.1 Å². The summed E-state index contributed by atoms with van der Waals surface area (Å²) in [5, 5.41) is 14.3. The van der Waals surface area contributed by atoms with Crippen LogP contribution in [0.1, 0.15) is 39.5 Å². The molecule has 1 aliphatic rings. The maximum absolute atomic E-state index is 11.4. The monoisotopic (exact) mass is 237 g/mol. The molecular formula is C13H23N3O. The van der Waals surface area contributed by atoms with E-state index in [1.165, 1.54) is 19.3 Å². The van der Waals surface area contributed by atoms with E-state index >= 15 is 0 Å². The lowest BCUT2D eigenvalue weighted by Crippen LogP contribution is -2.45. The van der Waals surface area contributed by atoms with E-state index in [-0.39, 0.29) is 12.5 Å². The highest BCUT2D eigenvalue weighted by molar-refractivity contribution is 5.78. The Labute approximate surface area is 104 Å². The number of hydrogen-bond acceptors (Lipinski definition) is 3. The number of nitrogens with zero attached hydrogens (tertiary/aromatic N) is 1. The van der Waals surface area contributed by atoms with Gasteiger partial charge in [-0.05, 0) is 24.7 Å². The second-order valence-corrected chi connectivity index (χ2v) is 5.11. The summed E-state index contributed by atoms with van der Waals surface area (Å²) in [5.74, 6) is 1.25. The molecule has 0 radical (unpaired) electrons. The van der Waals surface area contributed by atoms with Gasteiger partial charge in [-0.2, -0.15) is 5.26 Å². The van der Waals surface area contributed by atoms with Gasteiger partial charge in [0.05, 0.1) is 12.6 Å². The summed E-state index contributed by atoms with van der Waals surface area (Å²) < 4.78 is 0. The van der Waals surface area contributed by atoms with Crippen molar-refractivity contribution in [3.05, 3.63) is 0 Å². The fourth-order valence-corrected chi connectivity index (χ4v) is 2.64. The number of rotatable bonds is 5. The summed E-state index contributed by atoms with van der Waals surface area (Å²) in [5.41, 5.74) is 0. The number of nitrogens with one attached hydrogen (secondary N) is 2. The Kier molecular flexibility index (Phi) is 5.99. The molecule has 1 fully saturated rings. The van der Waals surface area contributed by atoms with Crippen molar-refractivity contribution < 1.29 is 4.79 Å². The summed E-state index contributed by atoms with van der Waals surface area (Å²) in [6, 6.07) is 2.36. The molecule has 4 nitrogen and oxygen atoms in total. The maximum atomic E-state index is 11.4. The molecule has 4 heteroatoms. The highest BCUT2D eigenvalue weighted by Gasteiger charge is 2.27. The molecule has 2 N–H and O–H groups in total. The average Bonchev–Trinajstić information content (AvgIpc) is 2.34. The highest BCUT2D eigenvalue weighted by atomic mass is 16.1. The Morgan fingerprint density at radius 1 is 1.41 bits per heavy atom. The van der Waals surface area contributed by atoms with Gasteiger partial charge in [0.15, 0.2) is 0 Å². The first-order valence-corrected chi connectivity index (χ1v) is 6.52. The number of carbonyl (C=O) groups is 1. The molecule has 1 rings (SSSR count). The Hall–Kier alpha value is -1.08. The van der Waals surface area contributed by atoms with Crippen LogP contribution in [0.25, 0.3) is 0 Å². The lowest BCUT2D eigenvalue weighted by atomic mass is 9.78. The van der Waals surface area contributed by atoms with E-state index < -0.39 is 0 Å². The maximum Gasteiger partial charge on any atom is 0.234 e. The molecule has 0 aromatic carbocycles. The lowest BCUT2D eigenvalue weighted by molar-refractivity contribution is -0.120. The molecule has 0 spiro atoms. The van der Waals surface area contributed by atoms with Crippen LogP contribution >= 0.6 is 0 Å². The molecule has 0 aromatic heterocycles. The summed E-state index contributed by atoms with van der Waals surface area (Å²) in [7, 11) is 0. The summed E-state index contributed by atoms with van der Waals surface area (Å²) >= 11 is 0. The van der Waals surface area contributed by atoms with Crippen LogP contribution < -0.4 is 10.6 Å². The van der Waals surface area contributed by atoms with Gasteiger partial charge in [0, 0.05) is 6.04 Å². The Morgan fingerprint density at radius 2 is 2.12 bits per heavy atom. The predicted molar refractivity (Wildman–Crippen MR) is 67.2 cm³/mol. The highest BCUT2D eigenvalue weighted by Crippen LogP contribution is 2.29. The van der Waals surface area contributed by atoms with Crippen LogP contribution in [0, 0.1) is 23.2 Å². The van der Waals surface area contributed by atoms with Crippen LogP contribution in [-0.4, -0.2) is 25.0 Å². The third-order valence-electron chi connectivity index (χ3n) is 3.57. The SMILES string of the molecule is CC(C)C1CCCCC1NCC(=O)NCC#N. The molecule has 0 saturated heterocycles. The molecule has 1 amide bonds.